The van der Waals surface area contributed by atoms with Crippen LogP contribution in [0.5, 0.6) is 11.5 Å². The smallest absolute Gasteiger partial charge is 0.251 e. The number of carbonyl (C=O) groups excluding carboxylic acids is 1. The Labute approximate surface area is 139 Å². The summed E-state index contributed by atoms with van der Waals surface area (Å²) in [6.45, 7) is 0.332. The summed E-state index contributed by atoms with van der Waals surface area (Å²) in [6, 6.07) is 12.0. The molecule has 0 aliphatic rings. The molecule has 0 spiro atoms. The Bertz CT molecular complexity index is 844. The number of aromatic nitrogens is 2. The fourth-order valence-corrected chi connectivity index (χ4v) is 2.42. The average Bonchev–Trinajstić information content (AvgIpc) is 3.13. The fourth-order valence-electron chi connectivity index (χ4n) is 2.42. The molecule has 6 nitrogen and oxygen atoms in total. The van der Waals surface area contributed by atoms with Gasteiger partial charge in [-0.25, -0.2) is 0 Å². The van der Waals surface area contributed by atoms with Crippen LogP contribution in [0, 0.1) is 0 Å². The molecule has 1 aromatic heterocycles. The topological polar surface area (TPSA) is 87.2 Å². The first-order chi connectivity index (χ1) is 11.7. The lowest BCUT2D eigenvalue weighted by Crippen LogP contribution is -2.22. The van der Waals surface area contributed by atoms with Gasteiger partial charge in [0.15, 0.2) is 0 Å². The highest BCUT2D eigenvalue weighted by atomic mass is 16.5. The largest absolute Gasteiger partial charge is 0.508 e. The van der Waals surface area contributed by atoms with Crippen LogP contribution in [-0.2, 0) is 6.54 Å². The van der Waals surface area contributed by atoms with Crippen LogP contribution in [0.2, 0.25) is 0 Å². The van der Waals surface area contributed by atoms with Gasteiger partial charge < -0.3 is 15.2 Å². The predicted octanol–water partition coefficient (Wildman–Crippen LogP) is 2.72. The number of ether oxygens (including phenoxy) is 1. The molecule has 6 heteroatoms. The van der Waals surface area contributed by atoms with Crippen molar-refractivity contribution in [2.24, 2.45) is 0 Å². The summed E-state index contributed by atoms with van der Waals surface area (Å²) >= 11 is 0. The summed E-state index contributed by atoms with van der Waals surface area (Å²) in [5.41, 5.74) is 3.07. The zero-order chi connectivity index (χ0) is 16.9. The average molecular weight is 323 g/mol. The number of methoxy groups -OCH3 is 1. The number of carbonyl (C=O) groups is 1. The van der Waals surface area contributed by atoms with Gasteiger partial charge in [-0.3, -0.25) is 9.89 Å². The normalized spacial score (nSPS) is 10.4. The SMILES string of the molecule is COc1cc(C(=O)NCc2cccc(O)c2)ccc1-c1cn[nH]c1. The monoisotopic (exact) mass is 323 g/mol. The van der Waals surface area contributed by atoms with E-state index in [0.29, 0.717) is 17.9 Å². The summed E-state index contributed by atoms with van der Waals surface area (Å²) in [5.74, 6) is 0.560. The molecular formula is C18H17N3O3. The van der Waals surface area contributed by atoms with Crippen molar-refractivity contribution in [1.29, 1.82) is 0 Å². The number of rotatable bonds is 5. The molecule has 0 aliphatic carbocycles. The Kier molecular flexibility index (Phi) is 4.47. The summed E-state index contributed by atoms with van der Waals surface area (Å²) in [5, 5.41) is 18.9. The zero-order valence-corrected chi connectivity index (χ0v) is 13.1. The fraction of sp³-hybridized carbons (Fsp3) is 0.111. The number of H-pyrrole nitrogens is 1. The van der Waals surface area contributed by atoms with Gasteiger partial charge in [0.2, 0.25) is 0 Å². The first-order valence-corrected chi connectivity index (χ1v) is 7.40. The zero-order valence-electron chi connectivity index (χ0n) is 13.1. The van der Waals surface area contributed by atoms with Crippen molar-refractivity contribution >= 4 is 5.91 Å². The Morgan fingerprint density at radius 2 is 2.17 bits per heavy atom. The molecule has 0 unspecified atom stereocenters. The van der Waals surface area contributed by atoms with Gasteiger partial charge >= 0.3 is 0 Å². The van der Waals surface area contributed by atoms with Gasteiger partial charge in [0.1, 0.15) is 11.5 Å². The van der Waals surface area contributed by atoms with Crippen LogP contribution in [0.3, 0.4) is 0 Å². The lowest BCUT2D eigenvalue weighted by molar-refractivity contribution is 0.0950. The third-order valence-corrected chi connectivity index (χ3v) is 3.64. The van der Waals surface area contributed by atoms with Crippen molar-refractivity contribution in [2.45, 2.75) is 6.54 Å². The number of aromatic hydroxyl groups is 1. The van der Waals surface area contributed by atoms with Gasteiger partial charge in [-0.2, -0.15) is 5.10 Å². The van der Waals surface area contributed by atoms with Crippen molar-refractivity contribution < 1.29 is 14.6 Å². The molecule has 24 heavy (non-hydrogen) atoms. The minimum Gasteiger partial charge on any atom is -0.508 e. The highest BCUT2D eigenvalue weighted by Gasteiger charge is 2.12. The summed E-state index contributed by atoms with van der Waals surface area (Å²) < 4.78 is 5.38. The number of amides is 1. The molecule has 1 amide bonds. The van der Waals surface area contributed by atoms with Crippen LogP contribution in [-0.4, -0.2) is 28.3 Å². The van der Waals surface area contributed by atoms with Crippen molar-refractivity contribution in [3.05, 3.63) is 66.0 Å². The first-order valence-electron chi connectivity index (χ1n) is 7.40. The molecule has 0 saturated carbocycles. The number of phenols is 1. The number of nitrogens with zero attached hydrogens (tertiary/aromatic N) is 1. The van der Waals surface area contributed by atoms with Crippen LogP contribution in [0.25, 0.3) is 11.1 Å². The van der Waals surface area contributed by atoms with Crippen LogP contribution >= 0.6 is 0 Å². The summed E-state index contributed by atoms with van der Waals surface area (Å²) in [4.78, 5) is 12.3. The predicted molar refractivity (Wildman–Crippen MR) is 89.9 cm³/mol. The Morgan fingerprint density at radius 1 is 1.29 bits per heavy atom. The van der Waals surface area contributed by atoms with E-state index in [-0.39, 0.29) is 11.7 Å². The molecule has 0 fully saturated rings. The maximum Gasteiger partial charge on any atom is 0.251 e. The lowest BCUT2D eigenvalue weighted by Gasteiger charge is -2.10. The van der Waals surface area contributed by atoms with Gasteiger partial charge in [0.05, 0.1) is 13.3 Å². The number of nitrogens with one attached hydrogen (secondary N) is 2. The van der Waals surface area contributed by atoms with E-state index in [4.69, 9.17) is 4.74 Å². The molecule has 122 valence electrons. The maximum absolute atomic E-state index is 12.3. The number of aromatic amines is 1. The highest BCUT2D eigenvalue weighted by molar-refractivity contribution is 5.95. The van der Waals surface area contributed by atoms with Crippen LogP contribution in [0.1, 0.15) is 15.9 Å². The quantitative estimate of drug-likeness (QED) is 0.674. The lowest BCUT2D eigenvalue weighted by atomic mass is 10.1. The number of hydrogen-bond acceptors (Lipinski definition) is 4. The first kappa shape index (κ1) is 15.6. The molecule has 3 N–H and O–H groups in total. The van der Waals surface area contributed by atoms with E-state index in [9.17, 15) is 9.90 Å². The molecule has 3 rings (SSSR count). The molecular weight excluding hydrogens is 306 g/mol. The molecule has 0 radical (unpaired) electrons. The Balaban J connectivity index is 1.75. The van der Waals surface area contributed by atoms with Gasteiger partial charge in [0, 0.05) is 29.4 Å². The summed E-state index contributed by atoms with van der Waals surface area (Å²) in [7, 11) is 1.56. The van der Waals surface area contributed by atoms with Crippen LogP contribution < -0.4 is 10.1 Å². The summed E-state index contributed by atoms with van der Waals surface area (Å²) in [6.07, 6.45) is 3.46. The van der Waals surface area contributed by atoms with E-state index in [1.807, 2.05) is 12.1 Å². The molecule has 0 atom stereocenters. The Hall–Kier alpha value is -3.28. The second-order valence-corrected chi connectivity index (χ2v) is 5.25. The van der Waals surface area contributed by atoms with Crippen molar-refractivity contribution in [3.63, 3.8) is 0 Å². The number of benzene rings is 2. The van der Waals surface area contributed by atoms with Crippen molar-refractivity contribution in [1.82, 2.24) is 15.5 Å². The highest BCUT2D eigenvalue weighted by Crippen LogP contribution is 2.30. The third kappa shape index (κ3) is 3.38. The molecule has 2 aromatic carbocycles. The van der Waals surface area contributed by atoms with Gasteiger partial charge in [0.25, 0.3) is 5.91 Å². The maximum atomic E-state index is 12.3. The van der Waals surface area contributed by atoms with Gasteiger partial charge in [-0.1, -0.05) is 12.1 Å². The molecule has 1 heterocycles. The third-order valence-electron chi connectivity index (χ3n) is 3.64. The van der Waals surface area contributed by atoms with E-state index < -0.39 is 0 Å². The van der Waals surface area contributed by atoms with Crippen molar-refractivity contribution in [2.75, 3.05) is 7.11 Å². The van der Waals surface area contributed by atoms with E-state index in [1.54, 1.807) is 49.8 Å². The molecule has 0 saturated heterocycles. The van der Waals surface area contributed by atoms with Crippen LogP contribution in [0.4, 0.5) is 0 Å². The second-order valence-electron chi connectivity index (χ2n) is 5.25. The number of phenolic OH excluding ortho intramolecular Hbond substituents is 1. The minimum absolute atomic E-state index is 0.174. The standard InChI is InChI=1S/C18H17N3O3/c1-24-17-8-13(5-6-16(17)14-10-20-21-11-14)18(23)19-9-12-3-2-4-15(22)7-12/h2-8,10-11,22H,9H2,1H3,(H,19,23)(H,20,21). The van der Waals surface area contributed by atoms with Gasteiger partial charge in [-0.05, 0) is 35.9 Å². The second kappa shape index (κ2) is 6.87. The molecule has 3 aromatic rings. The molecule has 0 bridgehead atoms. The Morgan fingerprint density at radius 3 is 2.88 bits per heavy atom. The molecule has 0 aliphatic heterocycles. The van der Waals surface area contributed by atoms with Crippen molar-refractivity contribution in [3.8, 4) is 22.6 Å². The van der Waals surface area contributed by atoms with E-state index in [2.05, 4.69) is 15.5 Å². The van der Waals surface area contributed by atoms with E-state index in [0.717, 1.165) is 16.7 Å². The van der Waals surface area contributed by atoms with E-state index in [1.165, 1.54) is 0 Å². The number of hydrogen-bond donors (Lipinski definition) is 3. The van der Waals surface area contributed by atoms with E-state index >= 15 is 0 Å². The minimum atomic E-state index is -0.213. The van der Waals surface area contributed by atoms with Gasteiger partial charge in [-0.15, -0.1) is 0 Å². The van der Waals surface area contributed by atoms with Crippen LogP contribution in [0.15, 0.2) is 54.9 Å².